The van der Waals surface area contributed by atoms with Crippen LogP contribution >= 0.6 is 0 Å². The van der Waals surface area contributed by atoms with E-state index in [-0.39, 0.29) is 24.8 Å². The standard InChI is InChI=1S/C20H24O4/c1-14(21)24-18-10-6-5-9-17(18)20-16-8-4-3-7-15(16)11-12-19(20)23-13-22-2/h3-4,7-8,11-12,17-18H,5-6,9-10,13H2,1-2H3/t17-,18+/m1/s1. The minimum Gasteiger partial charge on any atom is -0.467 e. The smallest absolute Gasteiger partial charge is 0.302 e. The molecule has 0 aliphatic heterocycles. The highest BCUT2D eigenvalue weighted by Crippen LogP contribution is 2.43. The summed E-state index contributed by atoms with van der Waals surface area (Å²) in [5.74, 6) is 0.756. The summed E-state index contributed by atoms with van der Waals surface area (Å²) in [6.07, 6.45) is 4.03. The Morgan fingerprint density at radius 2 is 1.92 bits per heavy atom. The average molecular weight is 328 g/mol. The molecule has 0 spiro atoms. The molecule has 24 heavy (non-hydrogen) atoms. The highest BCUT2D eigenvalue weighted by Gasteiger charge is 2.32. The normalized spacial score (nSPS) is 20.8. The maximum atomic E-state index is 11.5. The number of fused-ring (bicyclic) bond motifs is 1. The van der Waals surface area contributed by atoms with Crippen molar-refractivity contribution in [1.29, 1.82) is 0 Å². The number of hydrogen-bond donors (Lipinski definition) is 0. The van der Waals surface area contributed by atoms with Crippen molar-refractivity contribution in [2.45, 2.75) is 44.6 Å². The van der Waals surface area contributed by atoms with E-state index >= 15 is 0 Å². The van der Waals surface area contributed by atoms with Crippen molar-refractivity contribution in [3.05, 3.63) is 42.0 Å². The summed E-state index contributed by atoms with van der Waals surface area (Å²) in [6, 6.07) is 12.3. The Morgan fingerprint density at radius 1 is 1.12 bits per heavy atom. The van der Waals surface area contributed by atoms with Crippen LogP contribution in [-0.2, 0) is 14.3 Å². The van der Waals surface area contributed by atoms with Crippen LogP contribution in [0.25, 0.3) is 10.8 Å². The average Bonchev–Trinajstić information content (AvgIpc) is 2.59. The monoisotopic (exact) mass is 328 g/mol. The molecule has 3 rings (SSSR count). The van der Waals surface area contributed by atoms with Gasteiger partial charge in [0.1, 0.15) is 11.9 Å². The van der Waals surface area contributed by atoms with E-state index in [1.807, 2.05) is 18.2 Å². The summed E-state index contributed by atoms with van der Waals surface area (Å²) in [5.41, 5.74) is 1.14. The van der Waals surface area contributed by atoms with Crippen molar-refractivity contribution in [3.8, 4) is 5.75 Å². The Morgan fingerprint density at radius 3 is 2.71 bits per heavy atom. The molecule has 0 saturated heterocycles. The topological polar surface area (TPSA) is 44.8 Å². The van der Waals surface area contributed by atoms with Gasteiger partial charge in [-0.3, -0.25) is 4.79 Å². The fourth-order valence-electron chi connectivity index (χ4n) is 3.69. The van der Waals surface area contributed by atoms with Gasteiger partial charge in [-0.2, -0.15) is 0 Å². The molecule has 1 aliphatic rings. The molecular weight excluding hydrogens is 304 g/mol. The zero-order chi connectivity index (χ0) is 16.9. The first-order valence-electron chi connectivity index (χ1n) is 8.51. The lowest BCUT2D eigenvalue weighted by molar-refractivity contribution is -0.148. The number of esters is 1. The number of ether oxygens (including phenoxy) is 3. The van der Waals surface area contributed by atoms with E-state index in [2.05, 4.69) is 18.2 Å². The first kappa shape index (κ1) is 16.8. The minimum atomic E-state index is -0.216. The van der Waals surface area contributed by atoms with E-state index in [4.69, 9.17) is 14.2 Å². The van der Waals surface area contributed by atoms with Crippen molar-refractivity contribution in [1.82, 2.24) is 0 Å². The number of benzene rings is 2. The van der Waals surface area contributed by atoms with Crippen LogP contribution in [0.2, 0.25) is 0 Å². The lowest BCUT2D eigenvalue weighted by Crippen LogP contribution is -2.28. The number of carbonyl (C=O) groups excluding carboxylic acids is 1. The van der Waals surface area contributed by atoms with E-state index in [1.54, 1.807) is 7.11 Å². The van der Waals surface area contributed by atoms with Gasteiger partial charge in [0, 0.05) is 25.5 Å². The van der Waals surface area contributed by atoms with Crippen LogP contribution in [0, 0.1) is 0 Å². The van der Waals surface area contributed by atoms with Crippen molar-refractivity contribution in [3.63, 3.8) is 0 Å². The predicted octanol–water partition coefficient (Wildman–Crippen LogP) is 4.41. The van der Waals surface area contributed by atoms with Crippen LogP contribution in [0.1, 0.15) is 44.1 Å². The second-order valence-corrected chi connectivity index (χ2v) is 6.29. The lowest BCUT2D eigenvalue weighted by atomic mass is 9.79. The van der Waals surface area contributed by atoms with Crippen LogP contribution < -0.4 is 4.74 Å². The SMILES string of the molecule is COCOc1ccc2ccccc2c1[C@@H]1CCCC[C@@H]1OC(C)=O. The second-order valence-electron chi connectivity index (χ2n) is 6.29. The van der Waals surface area contributed by atoms with Crippen molar-refractivity contribution < 1.29 is 19.0 Å². The molecule has 1 aliphatic carbocycles. The third-order valence-corrected chi connectivity index (χ3v) is 4.65. The Balaban J connectivity index is 2.07. The third-order valence-electron chi connectivity index (χ3n) is 4.65. The molecule has 4 nitrogen and oxygen atoms in total. The molecule has 1 saturated carbocycles. The largest absolute Gasteiger partial charge is 0.467 e. The Kier molecular flexibility index (Phi) is 5.36. The number of hydrogen-bond acceptors (Lipinski definition) is 4. The summed E-state index contributed by atoms with van der Waals surface area (Å²) in [5, 5.41) is 2.33. The summed E-state index contributed by atoms with van der Waals surface area (Å²) >= 11 is 0. The predicted molar refractivity (Wildman–Crippen MR) is 93.2 cm³/mol. The molecule has 4 heteroatoms. The maximum absolute atomic E-state index is 11.5. The van der Waals surface area contributed by atoms with Gasteiger partial charge >= 0.3 is 5.97 Å². The third kappa shape index (κ3) is 3.54. The molecule has 0 unspecified atom stereocenters. The van der Waals surface area contributed by atoms with Crippen LogP contribution in [0.5, 0.6) is 5.75 Å². The van der Waals surface area contributed by atoms with Crippen LogP contribution in [0.3, 0.4) is 0 Å². The Labute approximate surface area is 142 Å². The van der Waals surface area contributed by atoms with Crippen molar-refractivity contribution in [2.24, 2.45) is 0 Å². The van der Waals surface area contributed by atoms with Gasteiger partial charge in [0.25, 0.3) is 0 Å². The molecular formula is C20H24O4. The lowest BCUT2D eigenvalue weighted by Gasteiger charge is -2.33. The highest BCUT2D eigenvalue weighted by atomic mass is 16.7. The minimum absolute atomic E-state index is 0.0908. The Hall–Kier alpha value is -2.07. The molecule has 2 atom stereocenters. The van der Waals surface area contributed by atoms with E-state index in [0.717, 1.165) is 42.4 Å². The molecule has 1 fully saturated rings. The summed E-state index contributed by atoms with van der Waals surface area (Å²) < 4.78 is 16.6. The fraction of sp³-hybridized carbons (Fsp3) is 0.450. The zero-order valence-corrected chi connectivity index (χ0v) is 14.3. The molecule has 0 heterocycles. The summed E-state index contributed by atoms with van der Waals surface area (Å²) in [4.78, 5) is 11.5. The van der Waals surface area contributed by atoms with Crippen molar-refractivity contribution in [2.75, 3.05) is 13.9 Å². The Bertz CT molecular complexity index is 710. The molecule has 0 radical (unpaired) electrons. The van der Waals surface area contributed by atoms with Gasteiger partial charge in [-0.1, -0.05) is 36.8 Å². The highest BCUT2D eigenvalue weighted by molar-refractivity contribution is 5.88. The second kappa shape index (κ2) is 7.67. The van der Waals surface area contributed by atoms with E-state index < -0.39 is 0 Å². The van der Waals surface area contributed by atoms with Crippen molar-refractivity contribution >= 4 is 16.7 Å². The molecule has 0 aromatic heterocycles. The molecule has 128 valence electrons. The van der Waals surface area contributed by atoms with E-state index in [0.29, 0.717) is 0 Å². The summed E-state index contributed by atoms with van der Waals surface area (Å²) in [7, 11) is 1.61. The van der Waals surface area contributed by atoms with Crippen LogP contribution in [0.4, 0.5) is 0 Å². The number of rotatable bonds is 5. The zero-order valence-electron chi connectivity index (χ0n) is 14.3. The molecule has 2 aromatic carbocycles. The molecule has 0 amide bonds. The van der Waals surface area contributed by atoms with Gasteiger partial charge in [-0.25, -0.2) is 0 Å². The van der Waals surface area contributed by atoms with Gasteiger partial charge < -0.3 is 14.2 Å². The first-order chi connectivity index (χ1) is 11.7. The van der Waals surface area contributed by atoms with E-state index in [1.165, 1.54) is 12.3 Å². The maximum Gasteiger partial charge on any atom is 0.302 e. The fourth-order valence-corrected chi connectivity index (χ4v) is 3.69. The molecule has 0 bridgehead atoms. The quantitative estimate of drug-likeness (QED) is 0.602. The number of carbonyl (C=O) groups is 1. The molecule has 0 N–H and O–H groups in total. The van der Waals surface area contributed by atoms with Gasteiger partial charge in [0.15, 0.2) is 6.79 Å². The van der Waals surface area contributed by atoms with Crippen LogP contribution in [-0.4, -0.2) is 26.0 Å². The number of methoxy groups -OCH3 is 1. The molecule has 2 aromatic rings. The van der Waals surface area contributed by atoms with Gasteiger partial charge in [0.05, 0.1) is 0 Å². The van der Waals surface area contributed by atoms with Gasteiger partial charge in [0.2, 0.25) is 0 Å². The first-order valence-corrected chi connectivity index (χ1v) is 8.51. The summed E-state index contributed by atoms with van der Waals surface area (Å²) in [6.45, 7) is 1.69. The van der Waals surface area contributed by atoms with Crippen LogP contribution in [0.15, 0.2) is 36.4 Å². The van der Waals surface area contributed by atoms with Gasteiger partial charge in [-0.15, -0.1) is 0 Å². The van der Waals surface area contributed by atoms with Gasteiger partial charge in [-0.05, 0) is 36.1 Å². The van der Waals surface area contributed by atoms with E-state index in [9.17, 15) is 4.79 Å².